The van der Waals surface area contributed by atoms with Crippen molar-refractivity contribution in [3.8, 4) is 0 Å². The molecule has 1 unspecified atom stereocenters. The van der Waals surface area contributed by atoms with E-state index in [1.54, 1.807) is 6.07 Å². The lowest BCUT2D eigenvalue weighted by molar-refractivity contribution is 0.181. The normalized spacial score (nSPS) is 12.7. The average molecular weight is 301 g/mol. The van der Waals surface area contributed by atoms with E-state index in [9.17, 15) is 9.50 Å². The Hall–Kier alpha value is -0.710. The van der Waals surface area contributed by atoms with E-state index in [1.807, 2.05) is 17.5 Å². The predicted octanol–water partition coefficient (Wildman–Crippen LogP) is 3.93. The Morgan fingerprint density at radius 1 is 1.38 bits per heavy atom. The van der Waals surface area contributed by atoms with Crippen LogP contribution in [0.2, 0.25) is 0 Å². The fourth-order valence-corrected chi connectivity index (χ4v) is 3.15. The molecule has 1 nitrogen and oxygen atoms in total. The fraction of sp³-hybridized carbons (Fsp3) is 0.167. The first-order valence-corrected chi connectivity index (χ1v) is 6.49. The van der Waals surface area contributed by atoms with Crippen molar-refractivity contribution >= 4 is 27.3 Å². The molecule has 0 saturated heterocycles. The van der Waals surface area contributed by atoms with Gasteiger partial charge in [-0.1, -0.05) is 12.1 Å². The molecule has 1 heterocycles. The highest BCUT2D eigenvalue weighted by molar-refractivity contribution is 9.10. The van der Waals surface area contributed by atoms with E-state index < -0.39 is 6.10 Å². The molecule has 0 bridgehead atoms. The maximum atomic E-state index is 13.0. The van der Waals surface area contributed by atoms with E-state index in [4.69, 9.17) is 0 Å². The van der Waals surface area contributed by atoms with Gasteiger partial charge in [-0.05, 0) is 45.1 Å². The quantitative estimate of drug-likeness (QED) is 0.911. The lowest BCUT2D eigenvalue weighted by Gasteiger charge is -2.09. The van der Waals surface area contributed by atoms with Crippen molar-refractivity contribution in [3.05, 3.63) is 56.4 Å². The summed E-state index contributed by atoms with van der Waals surface area (Å²) in [5.74, 6) is -0.269. The molecule has 2 aromatic rings. The third kappa shape index (κ3) is 2.70. The van der Waals surface area contributed by atoms with Gasteiger partial charge in [-0.15, -0.1) is 11.3 Å². The predicted molar refractivity (Wildman–Crippen MR) is 67.1 cm³/mol. The van der Waals surface area contributed by atoms with Gasteiger partial charge in [-0.2, -0.15) is 0 Å². The summed E-state index contributed by atoms with van der Waals surface area (Å²) in [6.45, 7) is 0. The van der Waals surface area contributed by atoms with Crippen LogP contribution in [0.3, 0.4) is 0 Å². The van der Waals surface area contributed by atoms with Gasteiger partial charge >= 0.3 is 0 Å². The molecule has 0 fully saturated rings. The molecule has 16 heavy (non-hydrogen) atoms. The summed E-state index contributed by atoms with van der Waals surface area (Å²) in [4.78, 5) is 0.879. The summed E-state index contributed by atoms with van der Waals surface area (Å²) in [5, 5.41) is 11.9. The SMILES string of the molecule is OC(Cc1cccc(F)c1)c1sccc1Br. The number of hydrogen-bond acceptors (Lipinski definition) is 2. The highest BCUT2D eigenvalue weighted by Gasteiger charge is 2.13. The van der Waals surface area contributed by atoms with Gasteiger partial charge in [0.15, 0.2) is 0 Å². The van der Waals surface area contributed by atoms with E-state index in [0.717, 1.165) is 14.9 Å². The number of thiophene rings is 1. The molecule has 1 N–H and O–H groups in total. The van der Waals surface area contributed by atoms with E-state index in [2.05, 4.69) is 15.9 Å². The van der Waals surface area contributed by atoms with Gasteiger partial charge in [-0.25, -0.2) is 4.39 Å². The average Bonchev–Trinajstić information content (AvgIpc) is 2.64. The van der Waals surface area contributed by atoms with Crippen LogP contribution in [-0.4, -0.2) is 5.11 Å². The minimum atomic E-state index is -0.587. The monoisotopic (exact) mass is 300 g/mol. The van der Waals surface area contributed by atoms with Crippen molar-refractivity contribution in [2.75, 3.05) is 0 Å². The van der Waals surface area contributed by atoms with Crippen molar-refractivity contribution in [3.63, 3.8) is 0 Å². The van der Waals surface area contributed by atoms with E-state index in [-0.39, 0.29) is 5.82 Å². The largest absolute Gasteiger partial charge is 0.387 e. The number of aliphatic hydroxyl groups excluding tert-OH is 1. The van der Waals surface area contributed by atoms with Gasteiger partial charge in [0.2, 0.25) is 0 Å². The zero-order valence-electron chi connectivity index (χ0n) is 8.36. The van der Waals surface area contributed by atoms with Crippen molar-refractivity contribution in [1.82, 2.24) is 0 Å². The van der Waals surface area contributed by atoms with Crippen molar-refractivity contribution < 1.29 is 9.50 Å². The minimum Gasteiger partial charge on any atom is -0.387 e. The molecule has 4 heteroatoms. The van der Waals surface area contributed by atoms with E-state index in [0.29, 0.717) is 6.42 Å². The maximum Gasteiger partial charge on any atom is 0.123 e. The smallest absolute Gasteiger partial charge is 0.123 e. The summed E-state index contributed by atoms with van der Waals surface area (Å²) in [5.41, 5.74) is 0.799. The zero-order chi connectivity index (χ0) is 11.5. The van der Waals surface area contributed by atoms with Crippen LogP contribution in [0.15, 0.2) is 40.2 Å². The summed E-state index contributed by atoms with van der Waals surface area (Å²) in [7, 11) is 0. The van der Waals surface area contributed by atoms with Gasteiger partial charge in [0, 0.05) is 15.8 Å². The Balaban J connectivity index is 2.14. The van der Waals surface area contributed by atoms with Crippen molar-refractivity contribution in [2.24, 2.45) is 0 Å². The van der Waals surface area contributed by atoms with Crippen molar-refractivity contribution in [2.45, 2.75) is 12.5 Å². The molecule has 0 aliphatic rings. The molecule has 1 aromatic heterocycles. The topological polar surface area (TPSA) is 20.2 Å². The Labute approximate surface area is 106 Å². The second-order valence-corrected chi connectivity index (χ2v) is 5.28. The molecule has 84 valence electrons. The van der Waals surface area contributed by atoms with Crippen LogP contribution in [0.1, 0.15) is 16.5 Å². The van der Waals surface area contributed by atoms with Crippen LogP contribution >= 0.6 is 27.3 Å². The summed E-state index contributed by atoms with van der Waals surface area (Å²) in [6, 6.07) is 8.21. The van der Waals surface area contributed by atoms with Crippen LogP contribution in [-0.2, 0) is 6.42 Å². The Bertz CT molecular complexity index is 483. The molecule has 0 aliphatic carbocycles. The molecule has 0 saturated carbocycles. The lowest BCUT2D eigenvalue weighted by Crippen LogP contribution is -2.00. The van der Waals surface area contributed by atoms with Gasteiger partial charge in [0.05, 0.1) is 6.10 Å². The Morgan fingerprint density at radius 2 is 2.19 bits per heavy atom. The van der Waals surface area contributed by atoms with Crippen LogP contribution < -0.4 is 0 Å². The van der Waals surface area contributed by atoms with E-state index in [1.165, 1.54) is 23.5 Å². The third-order valence-corrected chi connectivity index (χ3v) is 4.24. The van der Waals surface area contributed by atoms with Crippen LogP contribution in [0, 0.1) is 5.82 Å². The van der Waals surface area contributed by atoms with Gasteiger partial charge in [-0.3, -0.25) is 0 Å². The maximum absolute atomic E-state index is 13.0. The zero-order valence-corrected chi connectivity index (χ0v) is 10.8. The summed E-state index contributed by atoms with van der Waals surface area (Å²) >= 11 is 4.86. The number of benzene rings is 1. The highest BCUT2D eigenvalue weighted by atomic mass is 79.9. The first-order chi connectivity index (χ1) is 7.66. The Kier molecular flexibility index (Phi) is 3.74. The number of aliphatic hydroxyl groups is 1. The van der Waals surface area contributed by atoms with Gasteiger partial charge in [0.25, 0.3) is 0 Å². The first-order valence-electron chi connectivity index (χ1n) is 4.82. The summed E-state index contributed by atoms with van der Waals surface area (Å²) < 4.78 is 13.9. The number of rotatable bonds is 3. The van der Waals surface area contributed by atoms with Crippen LogP contribution in [0.4, 0.5) is 4.39 Å². The molecule has 0 aliphatic heterocycles. The molecule has 1 atom stereocenters. The van der Waals surface area contributed by atoms with Gasteiger partial charge < -0.3 is 5.11 Å². The molecule has 0 amide bonds. The molecule has 0 radical (unpaired) electrons. The standard InChI is InChI=1S/C12H10BrFOS/c13-10-4-5-16-12(10)11(15)7-8-2-1-3-9(14)6-8/h1-6,11,15H,7H2. The molecule has 2 rings (SSSR count). The number of halogens is 2. The molecular weight excluding hydrogens is 291 g/mol. The fourth-order valence-electron chi connectivity index (χ4n) is 1.52. The second kappa shape index (κ2) is 5.08. The highest BCUT2D eigenvalue weighted by Crippen LogP contribution is 2.30. The number of hydrogen-bond donors (Lipinski definition) is 1. The summed E-state index contributed by atoms with van der Waals surface area (Å²) in [6.07, 6.45) is -0.159. The Morgan fingerprint density at radius 3 is 2.81 bits per heavy atom. The molecule has 1 aromatic carbocycles. The van der Waals surface area contributed by atoms with Crippen LogP contribution in [0.25, 0.3) is 0 Å². The van der Waals surface area contributed by atoms with E-state index >= 15 is 0 Å². The third-order valence-electron chi connectivity index (χ3n) is 2.27. The minimum absolute atomic E-state index is 0.269. The lowest BCUT2D eigenvalue weighted by atomic mass is 10.1. The first kappa shape index (κ1) is 11.8. The van der Waals surface area contributed by atoms with Gasteiger partial charge in [0.1, 0.15) is 5.82 Å². The molecule has 0 spiro atoms. The van der Waals surface area contributed by atoms with Crippen LogP contribution in [0.5, 0.6) is 0 Å². The second-order valence-electron chi connectivity index (χ2n) is 3.48. The van der Waals surface area contributed by atoms with Crippen molar-refractivity contribution in [1.29, 1.82) is 0 Å². The molecular formula is C12H10BrFOS.